The lowest BCUT2D eigenvalue weighted by Crippen LogP contribution is -1.97. The minimum Gasteiger partial charge on any atom is -0.490 e. The number of aryl methyl sites for hydroxylation is 1. The van der Waals surface area contributed by atoms with Crippen molar-refractivity contribution >= 4 is 5.82 Å². The average molecular weight is 259 g/mol. The maximum atomic E-state index is 5.71. The fraction of sp³-hybridized carbons (Fsp3) is 0.357. The van der Waals surface area contributed by atoms with Crippen molar-refractivity contribution in [2.24, 2.45) is 7.05 Å². The van der Waals surface area contributed by atoms with Crippen LogP contribution < -0.4 is 14.8 Å². The van der Waals surface area contributed by atoms with Crippen LogP contribution in [0.4, 0.5) is 5.82 Å². The molecule has 1 aliphatic rings. The molecule has 0 radical (unpaired) electrons. The number of ether oxygens (including phenoxy) is 2. The SMILES string of the molecule is CNc1cc(-c2ccc3c(c2)OCCCO3)n(C)n1. The molecule has 0 saturated heterocycles. The Morgan fingerprint density at radius 2 is 1.95 bits per heavy atom. The first-order valence-electron chi connectivity index (χ1n) is 6.40. The highest BCUT2D eigenvalue weighted by molar-refractivity contribution is 5.67. The van der Waals surface area contributed by atoms with E-state index in [1.54, 1.807) is 0 Å². The predicted molar refractivity (Wildman–Crippen MR) is 73.8 cm³/mol. The second-order valence-corrected chi connectivity index (χ2v) is 4.50. The molecular formula is C14H17N3O2. The summed E-state index contributed by atoms with van der Waals surface area (Å²) < 4.78 is 13.2. The zero-order valence-electron chi connectivity index (χ0n) is 11.1. The number of fused-ring (bicyclic) bond motifs is 1. The lowest BCUT2D eigenvalue weighted by Gasteiger charge is -2.09. The first-order chi connectivity index (χ1) is 9.28. The van der Waals surface area contributed by atoms with Crippen LogP contribution in [0, 0.1) is 0 Å². The van der Waals surface area contributed by atoms with Crippen LogP contribution in [0.3, 0.4) is 0 Å². The molecule has 1 aromatic carbocycles. The van der Waals surface area contributed by atoms with Crippen LogP contribution in [0.5, 0.6) is 11.5 Å². The molecule has 5 heteroatoms. The van der Waals surface area contributed by atoms with Crippen LogP contribution in [0.25, 0.3) is 11.3 Å². The molecule has 0 spiro atoms. The molecule has 1 aliphatic heterocycles. The number of nitrogens with one attached hydrogen (secondary N) is 1. The van der Waals surface area contributed by atoms with Gasteiger partial charge in [-0.25, -0.2) is 0 Å². The first-order valence-corrected chi connectivity index (χ1v) is 6.40. The maximum Gasteiger partial charge on any atom is 0.161 e. The first kappa shape index (κ1) is 11.9. The Kier molecular flexibility index (Phi) is 3.03. The summed E-state index contributed by atoms with van der Waals surface area (Å²) in [6.07, 6.45) is 0.916. The van der Waals surface area contributed by atoms with Crippen molar-refractivity contribution in [3.05, 3.63) is 24.3 Å². The predicted octanol–water partition coefficient (Wildman–Crippen LogP) is 2.29. The molecule has 1 N–H and O–H groups in total. The largest absolute Gasteiger partial charge is 0.490 e. The number of aromatic nitrogens is 2. The summed E-state index contributed by atoms with van der Waals surface area (Å²) in [4.78, 5) is 0. The molecule has 5 nitrogen and oxygen atoms in total. The third kappa shape index (κ3) is 2.23. The molecule has 0 bridgehead atoms. The monoisotopic (exact) mass is 259 g/mol. The number of anilines is 1. The highest BCUT2D eigenvalue weighted by atomic mass is 16.5. The van der Waals surface area contributed by atoms with Crippen LogP contribution in [0.1, 0.15) is 6.42 Å². The van der Waals surface area contributed by atoms with Gasteiger partial charge in [0.15, 0.2) is 11.5 Å². The molecule has 0 atom stereocenters. The number of nitrogens with zero attached hydrogens (tertiary/aromatic N) is 2. The lowest BCUT2D eigenvalue weighted by molar-refractivity contribution is 0.297. The zero-order valence-corrected chi connectivity index (χ0v) is 11.1. The molecule has 19 heavy (non-hydrogen) atoms. The van der Waals surface area contributed by atoms with Crippen LogP contribution in [0.2, 0.25) is 0 Å². The number of rotatable bonds is 2. The second-order valence-electron chi connectivity index (χ2n) is 4.50. The molecule has 1 aromatic heterocycles. The van der Waals surface area contributed by atoms with Gasteiger partial charge in [-0.15, -0.1) is 0 Å². The van der Waals surface area contributed by atoms with Crippen LogP contribution in [0.15, 0.2) is 24.3 Å². The van der Waals surface area contributed by atoms with Gasteiger partial charge in [-0.3, -0.25) is 4.68 Å². The van der Waals surface area contributed by atoms with Gasteiger partial charge in [0, 0.05) is 32.1 Å². The standard InChI is InChI=1S/C14H17N3O2/c1-15-14-9-11(17(2)16-14)10-4-5-12-13(8-10)19-7-3-6-18-12/h4-5,8-9H,3,6-7H2,1-2H3,(H,15,16). The van der Waals surface area contributed by atoms with E-state index in [0.717, 1.165) is 35.0 Å². The smallest absolute Gasteiger partial charge is 0.161 e. The topological polar surface area (TPSA) is 48.3 Å². The minimum atomic E-state index is 0.698. The van der Waals surface area contributed by atoms with E-state index >= 15 is 0 Å². The summed E-state index contributed by atoms with van der Waals surface area (Å²) in [5, 5.41) is 7.41. The van der Waals surface area contributed by atoms with Gasteiger partial charge in [-0.2, -0.15) is 5.10 Å². The summed E-state index contributed by atoms with van der Waals surface area (Å²) >= 11 is 0. The summed E-state index contributed by atoms with van der Waals surface area (Å²) in [6, 6.07) is 8.02. The van der Waals surface area contributed by atoms with Crippen molar-refractivity contribution in [2.45, 2.75) is 6.42 Å². The zero-order chi connectivity index (χ0) is 13.2. The molecular weight excluding hydrogens is 242 g/mol. The van der Waals surface area contributed by atoms with Gasteiger partial charge in [0.2, 0.25) is 0 Å². The normalized spacial score (nSPS) is 14.0. The van der Waals surface area contributed by atoms with Crippen molar-refractivity contribution in [3.63, 3.8) is 0 Å². The number of benzene rings is 1. The average Bonchev–Trinajstić information content (AvgIpc) is 2.66. The quantitative estimate of drug-likeness (QED) is 0.899. The Morgan fingerprint density at radius 1 is 1.16 bits per heavy atom. The van der Waals surface area contributed by atoms with Crippen molar-refractivity contribution in [3.8, 4) is 22.8 Å². The highest BCUT2D eigenvalue weighted by Gasteiger charge is 2.13. The Morgan fingerprint density at radius 3 is 2.68 bits per heavy atom. The van der Waals surface area contributed by atoms with Crippen molar-refractivity contribution in [2.75, 3.05) is 25.6 Å². The second kappa shape index (κ2) is 4.84. The Labute approximate surface area is 112 Å². The minimum absolute atomic E-state index is 0.698. The third-order valence-electron chi connectivity index (χ3n) is 3.18. The van der Waals surface area contributed by atoms with Crippen molar-refractivity contribution in [1.29, 1.82) is 0 Å². The van der Waals surface area contributed by atoms with Gasteiger partial charge in [-0.1, -0.05) is 0 Å². The molecule has 100 valence electrons. The summed E-state index contributed by atoms with van der Waals surface area (Å²) in [5.74, 6) is 2.48. The van der Waals surface area contributed by atoms with Gasteiger partial charge in [0.05, 0.1) is 18.9 Å². The highest BCUT2D eigenvalue weighted by Crippen LogP contribution is 2.34. The van der Waals surface area contributed by atoms with Crippen LogP contribution >= 0.6 is 0 Å². The van der Waals surface area contributed by atoms with Crippen molar-refractivity contribution in [1.82, 2.24) is 9.78 Å². The third-order valence-corrected chi connectivity index (χ3v) is 3.18. The molecule has 0 amide bonds. The van der Waals surface area contributed by atoms with Gasteiger partial charge in [0.1, 0.15) is 5.82 Å². The molecule has 0 fully saturated rings. The van der Waals surface area contributed by atoms with E-state index in [2.05, 4.69) is 10.4 Å². The van der Waals surface area contributed by atoms with E-state index < -0.39 is 0 Å². The molecule has 0 aliphatic carbocycles. The fourth-order valence-electron chi connectivity index (χ4n) is 2.18. The van der Waals surface area contributed by atoms with Crippen LogP contribution in [-0.4, -0.2) is 30.0 Å². The lowest BCUT2D eigenvalue weighted by atomic mass is 10.1. The number of hydrogen-bond acceptors (Lipinski definition) is 4. The molecule has 2 aromatic rings. The van der Waals surface area contributed by atoms with Gasteiger partial charge in [0.25, 0.3) is 0 Å². The summed E-state index contributed by atoms with van der Waals surface area (Å²) in [6.45, 7) is 1.41. The Bertz CT molecular complexity index is 592. The molecule has 2 heterocycles. The van der Waals surface area contributed by atoms with Crippen LogP contribution in [-0.2, 0) is 7.05 Å². The van der Waals surface area contributed by atoms with Gasteiger partial charge >= 0.3 is 0 Å². The van der Waals surface area contributed by atoms with E-state index in [9.17, 15) is 0 Å². The van der Waals surface area contributed by atoms with E-state index in [0.29, 0.717) is 13.2 Å². The van der Waals surface area contributed by atoms with E-state index in [1.807, 2.05) is 43.0 Å². The van der Waals surface area contributed by atoms with Crippen molar-refractivity contribution < 1.29 is 9.47 Å². The van der Waals surface area contributed by atoms with Gasteiger partial charge in [-0.05, 0) is 18.2 Å². The summed E-state index contributed by atoms with van der Waals surface area (Å²) in [5.41, 5.74) is 2.11. The van der Waals surface area contributed by atoms with E-state index in [1.165, 1.54) is 0 Å². The van der Waals surface area contributed by atoms with E-state index in [-0.39, 0.29) is 0 Å². The molecule has 0 unspecified atom stereocenters. The number of hydrogen-bond donors (Lipinski definition) is 1. The maximum absolute atomic E-state index is 5.71. The molecule has 3 rings (SSSR count). The summed E-state index contributed by atoms with van der Waals surface area (Å²) in [7, 11) is 3.79. The fourth-order valence-corrected chi connectivity index (χ4v) is 2.18. The Hall–Kier alpha value is -2.17. The Balaban J connectivity index is 2.01. The van der Waals surface area contributed by atoms with Gasteiger partial charge < -0.3 is 14.8 Å². The molecule has 0 saturated carbocycles. The van der Waals surface area contributed by atoms with E-state index in [4.69, 9.17) is 9.47 Å².